The summed E-state index contributed by atoms with van der Waals surface area (Å²) in [6, 6.07) is 5.34. The van der Waals surface area contributed by atoms with Crippen molar-refractivity contribution in [2.24, 2.45) is 4.99 Å². The van der Waals surface area contributed by atoms with Gasteiger partial charge in [-0.05, 0) is 37.9 Å². The number of aromatic nitrogens is 3. The summed E-state index contributed by atoms with van der Waals surface area (Å²) in [6.07, 6.45) is -7.69. The second kappa shape index (κ2) is 11.6. The summed E-state index contributed by atoms with van der Waals surface area (Å²) in [6.45, 7) is 3.64. The molecule has 15 heteroatoms. The van der Waals surface area contributed by atoms with Crippen LogP contribution < -0.4 is 10.9 Å². The van der Waals surface area contributed by atoms with E-state index in [2.05, 4.69) is 21.8 Å². The van der Waals surface area contributed by atoms with Gasteiger partial charge in [-0.2, -0.15) is 31.4 Å². The third kappa shape index (κ3) is 6.54. The summed E-state index contributed by atoms with van der Waals surface area (Å²) in [5, 5.41) is 5.88. The van der Waals surface area contributed by atoms with Gasteiger partial charge in [0.25, 0.3) is 11.5 Å². The van der Waals surface area contributed by atoms with Gasteiger partial charge in [0.2, 0.25) is 5.88 Å². The highest BCUT2D eigenvalue weighted by atomic mass is 19.4. The molecule has 0 fully saturated rings. The fraction of sp³-hybridized carbons (Fsp3) is 0.250. The average molecular weight is 557 g/mol. The van der Waals surface area contributed by atoms with Gasteiger partial charge in [-0.1, -0.05) is 6.07 Å². The number of fused-ring (bicyclic) bond motifs is 1. The minimum Gasteiger partial charge on any atom is -0.474 e. The minimum absolute atomic E-state index is 0.0128. The SMILES string of the molecule is C=N/C(OCCOC)=C(\C=C(/C)C(F)(F)F)NC(=O)c1cnn(-c2cccc3c(=O)[nH]ccc23)c1C(F)(F)F. The molecule has 2 N–H and O–H groups in total. The zero-order chi connectivity index (χ0) is 29.0. The molecule has 1 amide bonds. The number of pyridine rings is 1. The normalized spacial score (nSPS) is 13.3. The van der Waals surface area contributed by atoms with Crippen molar-refractivity contribution in [2.45, 2.75) is 19.3 Å². The van der Waals surface area contributed by atoms with Crippen molar-refractivity contribution < 1.29 is 40.6 Å². The molecule has 2 heterocycles. The lowest BCUT2D eigenvalue weighted by Gasteiger charge is -2.16. The number of halogens is 6. The molecule has 0 bridgehead atoms. The highest BCUT2D eigenvalue weighted by molar-refractivity contribution is 5.97. The highest BCUT2D eigenvalue weighted by Crippen LogP contribution is 2.35. The Bertz CT molecular complexity index is 1500. The monoisotopic (exact) mass is 557 g/mol. The van der Waals surface area contributed by atoms with Crippen molar-refractivity contribution in [2.75, 3.05) is 20.3 Å². The van der Waals surface area contributed by atoms with Crippen LogP contribution in [-0.4, -0.2) is 53.9 Å². The van der Waals surface area contributed by atoms with Crippen LogP contribution in [0.25, 0.3) is 16.5 Å². The minimum atomic E-state index is -5.15. The maximum atomic E-state index is 14.3. The van der Waals surface area contributed by atoms with E-state index in [1.807, 2.05) is 5.32 Å². The van der Waals surface area contributed by atoms with E-state index in [1.165, 1.54) is 37.6 Å². The predicted molar refractivity (Wildman–Crippen MR) is 128 cm³/mol. The third-order valence-corrected chi connectivity index (χ3v) is 5.26. The number of carbonyl (C=O) groups excluding carboxylic acids is 1. The van der Waals surface area contributed by atoms with Crippen LogP contribution >= 0.6 is 0 Å². The molecule has 39 heavy (non-hydrogen) atoms. The first-order chi connectivity index (χ1) is 18.3. The van der Waals surface area contributed by atoms with Crippen LogP contribution in [0.5, 0.6) is 0 Å². The number of nitrogens with one attached hydrogen (secondary N) is 2. The quantitative estimate of drug-likeness (QED) is 0.132. The Morgan fingerprint density at radius 1 is 1.18 bits per heavy atom. The molecule has 0 aliphatic carbocycles. The van der Waals surface area contributed by atoms with Crippen molar-refractivity contribution in [3.63, 3.8) is 0 Å². The molecule has 0 saturated heterocycles. The van der Waals surface area contributed by atoms with Gasteiger partial charge < -0.3 is 19.8 Å². The second-order valence-electron chi connectivity index (χ2n) is 7.86. The molecule has 2 aromatic heterocycles. The van der Waals surface area contributed by atoms with E-state index in [0.29, 0.717) is 23.9 Å². The first kappa shape index (κ1) is 29.2. The van der Waals surface area contributed by atoms with Gasteiger partial charge in [-0.15, -0.1) is 0 Å². The number of alkyl halides is 6. The first-order valence-electron chi connectivity index (χ1n) is 10.9. The average Bonchev–Trinajstić information content (AvgIpc) is 3.32. The van der Waals surface area contributed by atoms with E-state index in [9.17, 15) is 35.9 Å². The first-order valence-corrected chi connectivity index (χ1v) is 10.9. The van der Waals surface area contributed by atoms with Gasteiger partial charge >= 0.3 is 12.4 Å². The summed E-state index contributed by atoms with van der Waals surface area (Å²) in [4.78, 5) is 31.1. The van der Waals surface area contributed by atoms with E-state index in [-0.39, 0.29) is 29.7 Å². The number of H-pyrrole nitrogens is 1. The van der Waals surface area contributed by atoms with Crippen molar-refractivity contribution in [3.05, 3.63) is 81.5 Å². The molecule has 9 nitrogen and oxygen atoms in total. The van der Waals surface area contributed by atoms with Crippen LogP contribution in [0, 0.1) is 0 Å². The number of allylic oxidation sites excluding steroid dienone is 2. The largest absolute Gasteiger partial charge is 0.474 e. The van der Waals surface area contributed by atoms with E-state index >= 15 is 0 Å². The lowest BCUT2D eigenvalue weighted by atomic mass is 10.1. The predicted octanol–water partition coefficient (Wildman–Crippen LogP) is 4.50. The van der Waals surface area contributed by atoms with Crippen molar-refractivity contribution in [3.8, 4) is 5.69 Å². The number of amides is 1. The third-order valence-electron chi connectivity index (χ3n) is 5.26. The zero-order valence-corrected chi connectivity index (χ0v) is 20.4. The molecule has 3 rings (SSSR count). The molecule has 0 spiro atoms. The molecule has 0 unspecified atom stereocenters. The topological polar surface area (TPSA) is 111 Å². The van der Waals surface area contributed by atoms with Crippen LogP contribution in [0.1, 0.15) is 23.0 Å². The molecule has 0 aliphatic heterocycles. The van der Waals surface area contributed by atoms with Gasteiger partial charge in [-0.25, -0.2) is 9.67 Å². The fourth-order valence-corrected chi connectivity index (χ4v) is 3.43. The Balaban J connectivity index is 2.15. The van der Waals surface area contributed by atoms with Gasteiger partial charge in [0.05, 0.1) is 24.1 Å². The Kier molecular flexibility index (Phi) is 8.64. The number of nitrogens with zero attached hydrogens (tertiary/aromatic N) is 3. The Morgan fingerprint density at radius 3 is 2.51 bits per heavy atom. The number of carbonyl (C=O) groups is 1. The van der Waals surface area contributed by atoms with Crippen LogP contribution in [-0.2, 0) is 15.7 Å². The van der Waals surface area contributed by atoms with Gasteiger partial charge in [-0.3, -0.25) is 9.59 Å². The lowest BCUT2D eigenvalue weighted by Crippen LogP contribution is -2.27. The molecule has 0 aliphatic rings. The molecule has 3 aromatic rings. The summed E-state index contributed by atoms with van der Waals surface area (Å²) < 4.78 is 92.8. The number of rotatable bonds is 9. The van der Waals surface area contributed by atoms with Crippen LogP contribution in [0.4, 0.5) is 26.3 Å². The Morgan fingerprint density at radius 2 is 1.90 bits per heavy atom. The standard InChI is InChI=1S/C24H21F6N5O4/c1-13(23(25,26)27)11-17(22(31-2)39-10-9-38-3)34-21(37)16-12-33-35(19(16)24(28,29)30)18-6-4-5-15-14(18)7-8-32-20(15)36/h4-8,11-12H,2,9-10H2,1,3H3,(H,32,36)(H,34,37)/b13-11+,22-17-. The smallest absolute Gasteiger partial charge is 0.434 e. The Hall–Kier alpha value is -4.40. The van der Waals surface area contributed by atoms with E-state index in [4.69, 9.17) is 9.47 Å². The molecular formula is C24H21F6N5O4. The number of aliphatic imine (C=N–C) groups is 1. The number of benzene rings is 1. The molecule has 0 radical (unpaired) electrons. The van der Waals surface area contributed by atoms with Gasteiger partial charge in [0.15, 0.2) is 5.69 Å². The van der Waals surface area contributed by atoms with E-state index < -0.39 is 52.2 Å². The number of hydrogen-bond donors (Lipinski definition) is 2. The van der Waals surface area contributed by atoms with Crippen LogP contribution in [0.15, 0.2) is 69.7 Å². The van der Waals surface area contributed by atoms with Crippen LogP contribution in [0.3, 0.4) is 0 Å². The maximum absolute atomic E-state index is 14.3. The zero-order valence-electron chi connectivity index (χ0n) is 20.4. The second-order valence-corrected chi connectivity index (χ2v) is 7.86. The molecular weight excluding hydrogens is 536 g/mol. The maximum Gasteiger partial charge on any atom is 0.434 e. The lowest BCUT2D eigenvalue weighted by molar-refractivity contribution is -0.143. The summed E-state index contributed by atoms with van der Waals surface area (Å²) >= 11 is 0. The van der Waals surface area contributed by atoms with Gasteiger partial charge in [0, 0.05) is 29.7 Å². The molecule has 1 aromatic carbocycles. The highest BCUT2D eigenvalue weighted by Gasteiger charge is 2.41. The van der Waals surface area contributed by atoms with Crippen LogP contribution in [0.2, 0.25) is 0 Å². The summed E-state index contributed by atoms with van der Waals surface area (Å²) in [7, 11) is 1.33. The van der Waals surface area contributed by atoms with Crippen molar-refractivity contribution >= 4 is 23.4 Å². The number of aromatic amines is 1. The van der Waals surface area contributed by atoms with Gasteiger partial charge in [0.1, 0.15) is 12.3 Å². The van der Waals surface area contributed by atoms with Crippen molar-refractivity contribution in [1.82, 2.24) is 20.1 Å². The van der Waals surface area contributed by atoms with E-state index in [0.717, 1.165) is 0 Å². The number of ether oxygens (including phenoxy) is 2. The van der Waals surface area contributed by atoms with Crippen molar-refractivity contribution in [1.29, 1.82) is 0 Å². The Labute approximate surface area is 216 Å². The number of methoxy groups -OCH3 is 1. The molecule has 0 saturated carbocycles. The summed E-state index contributed by atoms with van der Waals surface area (Å²) in [5.74, 6) is -2.04. The molecule has 208 valence electrons. The molecule has 0 atom stereocenters. The fourth-order valence-electron chi connectivity index (χ4n) is 3.43. The number of hydrogen-bond acceptors (Lipinski definition) is 6. The van der Waals surface area contributed by atoms with E-state index in [1.54, 1.807) is 0 Å². The summed E-state index contributed by atoms with van der Waals surface area (Å²) in [5.41, 5.74) is -5.17.